The van der Waals surface area contributed by atoms with Crippen molar-refractivity contribution < 1.29 is 9.90 Å². The van der Waals surface area contributed by atoms with Gasteiger partial charge in [-0.25, -0.2) is 9.78 Å². The molecule has 2 heterocycles. The molecule has 0 unspecified atom stereocenters. The number of carbonyl (C=O) groups is 1. The van der Waals surface area contributed by atoms with Gasteiger partial charge in [0.05, 0.1) is 5.39 Å². The Morgan fingerprint density at radius 1 is 1.32 bits per heavy atom. The van der Waals surface area contributed by atoms with Gasteiger partial charge in [0, 0.05) is 10.4 Å². The Morgan fingerprint density at radius 3 is 2.64 bits per heavy atom. The molecular formula is C19H20N2O3S. The monoisotopic (exact) mass is 356 g/mol. The highest BCUT2D eigenvalue weighted by Crippen LogP contribution is 2.29. The van der Waals surface area contributed by atoms with Crippen molar-refractivity contribution >= 4 is 27.5 Å². The average molecular weight is 356 g/mol. The maximum atomic E-state index is 13.2. The first-order chi connectivity index (χ1) is 11.8. The van der Waals surface area contributed by atoms with Crippen molar-refractivity contribution in [3.05, 3.63) is 51.1 Å². The standard InChI is InChI=1S/C19H20N2O3S/c1-5-13-10-14-16(25-13)20-15(12-8-6-7-11(2)9-12)21(17(14)22)19(3,4)18(23)24/h6-10H,5H2,1-4H3,(H,23,24). The zero-order valence-electron chi connectivity index (χ0n) is 14.7. The number of rotatable bonds is 4. The minimum atomic E-state index is -1.41. The number of aromatic nitrogens is 2. The van der Waals surface area contributed by atoms with Gasteiger partial charge in [-0.2, -0.15) is 0 Å². The molecule has 0 aliphatic rings. The van der Waals surface area contributed by atoms with E-state index >= 15 is 0 Å². The number of carboxylic acids is 1. The Hall–Kier alpha value is -2.47. The molecule has 3 aromatic rings. The SMILES string of the molecule is CCc1cc2c(=O)n(C(C)(C)C(=O)O)c(-c3cccc(C)c3)nc2s1. The zero-order chi connectivity index (χ0) is 18.4. The van der Waals surface area contributed by atoms with Crippen molar-refractivity contribution in [3.63, 3.8) is 0 Å². The number of aliphatic carboxylic acids is 1. The van der Waals surface area contributed by atoms with Crippen LogP contribution in [-0.2, 0) is 16.8 Å². The molecule has 0 amide bonds. The normalized spacial score (nSPS) is 11.8. The lowest BCUT2D eigenvalue weighted by Gasteiger charge is -2.25. The number of thiophene rings is 1. The molecule has 2 aromatic heterocycles. The summed E-state index contributed by atoms with van der Waals surface area (Å²) < 4.78 is 1.30. The summed E-state index contributed by atoms with van der Waals surface area (Å²) in [7, 11) is 0. The molecular weight excluding hydrogens is 336 g/mol. The third kappa shape index (κ3) is 2.87. The van der Waals surface area contributed by atoms with Crippen LogP contribution in [0.5, 0.6) is 0 Å². The van der Waals surface area contributed by atoms with E-state index in [1.165, 1.54) is 29.8 Å². The molecule has 25 heavy (non-hydrogen) atoms. The number of fused-ring (bicyclic) bond motifs is 1. The summed E-state index contributed by atoms with van der Waals surface area (Å²) >= 11 is 1.48. The van der Waals surface area contributed by atoms with Crippen LogP contribution in [-0.4, -0.2) is 20.6 Å². The van der Waals surface area contributed by atoms with Crippen molar-refractivity contribution in [2.24, 2.45) is 0 Å². The molecule has 0 aliphatic carbocycles. The van der Waals surface area contributed by atoms with E-state index in [-0.39, 0.29) is 5.56 Å². The average Bonchev–Trinajstić information content (AvgIpc) is 2.98. The first-order valence-electron chi connectivity index (χ1n) is 8.12. The minimum Gasteiger partial charge on any atom is -0.480 e. The van der Waals surface area contributed by atoms with Gasteiger partial charge in [-0.05, 0) is 39.3 Å². The van der Waals surface area contributed by atoms with E-state index in [1.54, 1.807) is 0 Å². The fourth-order valence-corrected chi connectivity index (χ4v) is 3.75. The van der Waals surface area contributed by atoms with E-state index < -0.39 is 11.5 Å². The van der Waals surface area contributed by atoms with Crippen LogP contribution < -0.4 is 5.56 Å². The second-order valence-corrected chi connectivity index (χ2v) is 7.71. The molecule has 0 fully saturated rings. The fourth-order valence-electron chi connectivity index (χ4n) is 2.80. The molecule has 0 spiro atoms. The predicted molar refractivity (Wildman–Crippen MR) is 100 cm³/mol. The quantitative estimate of drug-likeness (QED) is 0.771. The molecule has 0 aliphatic heterocycles. The molecule has 1 aromatic carbocycles. The number of carboxylic acid groups (broad SMARTS) is 1. The largest absolute Gasteiger partial charge is 0.480 e. The van der Waals surface area contributed by atoms with Gasteiger partial charge >= 0.3 is 5.97 Å². The van der Waals surface area contributed by atoms with Gasteiger partial charge in [0.15, 0.2) is 0 Å². The second kappa shape index (κ2) is 6.11. The maximum absolute atomic E-state index is 13.2. The summed E-state index contributed by atoms with van der Waals surface area (Å²) in [5, 5.41) is 10.2. The maximum Gasteiger partial charge on any atom is 0.329 e. The highest BCUT2D eigenvalue weighted by Gasteiger charge is 2.34. The molecule has 1 N–H and O–H groups in total. The summed E-state index contributed by atoms with van der Waals surface area (Å²) in [6.45, 7) is 7.02. The topological polar surface area (TPSA) is 72.2 Å². The van der Waals surface area contributed by atoms with E-state index in [0.29, 0.717) is 16.0 Å². The van der Waals surface area contributed by atoms with Crippen LogP contribution >= 0.6 is 11.3 Å². The third-order valence-electron chi connectivity index (χ3n) is 4.32. The molecule has 0 bridgehead atoms. The Kier molecular flexibility index (Phi) is 4.24. The van der Waals surface area contributed by atoms with Crippen LogP contribution in [0.3, 0.4) is 0 Å². The number of hydrogen-bond donors (Lipinski definition) is 1. The Morgan fingerprint density at radius 2 is 2.04 bits per heavy atom. The molecule has 5 nitrogen and oxygen atoms in total. The Labute approximate surface area is 149 Å². The summed E-state index contributed by atoms with van der Waals surface area (Å²) in [6.07, 6.45) is 0.808. The molecule has 6 heteroatoms. The van der Waals surface area contributed by atoms with Crippen LogP contribution in [0.4, 0.5) is 0 Å². The van der Waals surface area contributed by atoms with Crippen molar-refractivity contribution in [3.8, 4) is 11.4 Å². The summed E-state index contributed by atoms with van der Waals surface area (Å²) in [6, 6.07) is 9.42. The minimum absolute atomic E-state index is 0.315. The van der Waals surface area contributed by atoms with Crippen LogP contribution in [0.25, 0.3) is 21.6 Å². The van der Waals surface area contributed by atoms with Crippen LogP contribution in [0.15, 0.2) is 35.1 Å². The van der Waals surface area contributed by atoms with Gasteiger partial charge in [-0.3, -0.25) is 9.36 Å². The number of hydrogen-bond acceptors (Lipinski definition) is 4. The van der Waals surface area contributed by atoms with Crippen LogP contribution in [0.2, 0.25) is 0 Å². The van der Waals surface area contributed by atoms with Crippen molar-refractivity contribution in [2.45, 2.75) is 39.7 Å². The lowest BCUT2D eigenvalue weighted by molar-refractivity contribution is -0.145. The highest BCUT2D eigenvalue weighted by atomic mass is 32.1. The summed E-state index contributed by atoms with van der Waals surface area (Å²) in [5.74, 6) is -0.686. The lowest BCUT2D eigenvalue weighted by atomic mass is 10.0. The van der Waals surface area contributed by atoms with E-state index in [2.05, 4.69) is 4.98 Å². The Bertz CT molecular complexity index is 1030. The lowest BCUT2D eigenvalue weighted by Crippen LogP contribution is -2.43. The van der Waals surface area contributed by atoms with Gasteiger partial charge in [0.1, 0.15) is 16.2 Å². The Balaban J connectivity index is 2.45. The smallest absolute Gasteiger partial charge is 0.329 e. The van der Waals surface area contributed by atoms with E-state index in [0.717, 1.165) is 22.4 Å². The van der Waals surface area contributed by atoms with Crippen molar-refractivity contribution in [2.75, 3.05) is 0 Å². The molecule has 130 valence electrons. The summed E-state index contributed by atoms with van der Waals surface area (Å²) in [5.41, 5.74) is 0.0302. The van der Waals surface area contributed by atoms with E-state index in [9.17, 15) is 14.7 Å². The van der Waals surface area contributed by atoms with Crippen molar-refractivity contribution in [1.29, 1.82) is 0 Å². The van der Waals surface area contributed by atoms with Crippen LogP contribution in [0, 0.1) is 6.92 Å². The first-order valence-corrected chi connectivity index (χ1v) is 8.93. The summed E-state index contributed by atoms with van der Waals surface area (Å²) in [4.78, 5) is 31.4. The second-order valence-electron chi connectivity index (χ2n) is 6.59. The number of nitrogens with zero attached hydrogens (tertiary/aromatic N) is 2. The molecule has 0 saturated carbocycles. The zero-order valence-corrected chi connectivity index (χ0v) is 15.5. The molecule has 0 radical (unpaired) electrons. The van der Waals surface area contributed by atoms with E-state index in [1.807, 2.05) is 44.2 Å². The predicted octanol–water partition coefficient (Wildman–Crippen LogP) is 3.82. The van der Waals surface area contributed by atoms with E-state index in [4.69, 9.17) is 0 Å². The highest BCUT2D eigenvalue weighted by molar-refractivity contribution is 7.18. The fraction of sp³-hybridized carbons (Fsp3) is 0.316. The van der Waals surface area contributed by atoms with Gasteiger partial charge in [0.2, 0.25) is 0 Å². The molecule has 0 atom stereocenters. The van der Waals surface area contributed by atoms with Gasteiger partial charge < -0.3 is 5.11 Å². The van der Waals surface area contributed by atoms with Crippen molar-refractivity contribution in [1.82, 2.24) is 9.55 Å². The number of benzene rings is 1. The van der Waals surface area contributed by atoms with Gasteiger partial charge in [-0.1, -0.05) is 30.7 Å². The first kappa shape index (κ1) is 17.4. The van der Waals surface area contributed by atoms with Crippen LogP contribution in [0.1, 0.15) is 31.2 Å². The van der Waals surface area contributed by atoms with Gasteiger partial charge in [-0.15, -0.1) is 11.3 Å². The molecule has 0 saturated heterocycles. The third-order valence-corrected chi connectivity index (χ3v) is 5.50. The molecule has 3 rings (SSSR count). The van der Waals surface area contributed by atoms with Gasteiger partial charge in [0.25, 0.3) is 5.56 Å². The number of aryl methyl sites for hydroxylation is 2.